The molecular formula is C11H12F4N2. The Hall–Kier alpha value is -1.59. The second kappa shape index (κ2) is 4.01. The van der Waals surface area contributed by atoms with Gasteiger partial charge in [0.15, 0.2) is 11.0 Å². The molecular weight excluding hydrogens is 236 g/mol. The van der Waals surface area contributed by atoms with Crippen LogP contribution in [-0.4, -0.2) is 4.57 Å². The van der Waals surface area contributed by atoms with E-state index in [1.807, 2.05) is 13.0 Å². The van der Waals surface area contributed by atoms with E-state index in [-0.39, 0.29) is 4.70 Å². The molecule has 0 bridgehead atoms. The molecule has 0 atom stereocenters. The fraction of sp³-hybridized carbons (Fsp3) is 0.364. The Kier molecular flexibility index (Phi) is 3.18. The number of aryl methyl sites for hydroxylation is 3. The molecule has 2 nitrogen and oxygen atoms in total. The molecule has 0 fully saturated rings. The molecule has 2 rings (SSSR count). The number of rotatable bonds is 0. The Morgan fingerprint density at radius 3 is 2.35 bits per heavy atom. The second-order valence-electron chi connectivity index (χ2n) is 3.93. The number of nitrogens with zero attached hydrogens (tertiary/aromatic N) is 2. The van der Waals surface area contributed by atoms with Crippen LogP contribution < -0.4 is 9.27 Å². The number of alkyl halides is 3. The summed E-state index contributed by atoms with van der Waals surface area (Å²) in [6, 6.07) is 5.27. The maximum Gasteiger partial charge on any atom is 0.495 e. The zero-order valence-corrected chi connectivity index (χ0v) is 9.64. The van der Waals surface area contributed by atoms with Crippen molar-refractivity contribution in [3.63, 3.8) is 0 Å². The summed E-state index contributed by atoms with van der Waals surface area (Å²) in [6.45, 7) is 1.86. The van der Waals surface area contributed by atoms with Crippen molar-refractivity contribution in [1.82, 2.24) is 4.57 Å². The number of halogens is 4. The molecule has 1 heterocycles. The molecule has 0 spiro atoms. The number of hydrogen-bond acceptors (Lipinski definition) is 0. The molecule has 6 heteroatoms. The topological polar surface area (TPSA) is 8.81 Å². The van der Waals surface area contributed by atoms with E-state index >= 15 is 0 Å². The summed E-state index contributed by atoms with van der Waals surface area (Å²) in [4.78, 5) is 0. The maximum atomic E-state index is 12.8. The van der Waals surface area contributed by atoms with Gasteiger partial charge in [-0.1, -0.05) is 6.07 Å². The molecule has 0 saturated carbocycles. The largest absolute Gasteiger partial charge is 1.00 e. The summed E-state index contributed by atoms with van der Waals surface area (Å²) < 4.78 is 40.8. The first kappa shape index (κ1) is 13.5. The molecule has 0 unspecified atom stereocenters. The fourth-order valence-corrected chi connectivity index (χ4v) is 2.02. The van der Waals surface area contributed by atoms with Crippen LogP contribution in [0.25, 0.3) is 11.0 Å². The lowest BCUT2D eigenvalue weighted by atomic mass is 10.2. The highest BCUT2D eigenvalue weighted by atomic mass is 19.4. The molecule has 0 N–H and O–H groups in total. The van der Waals surface area contributed by atoms with Crippen LogP contribution in [0.1, 0.15) is 11.4 Å². The standard InChI is InChI=1S/C11H12F3N2.FH/c1-7-4-5-8-9(6-7)16(3)10(15(8)2)11(12,13)14;/h4-6H,1-3H3;1H/q+1;/p-1. The highest BCUT2D eigenvalue weighted by molar-refractivity contribution is 5.73. The normalized spacial score (nSPS) is 11.6. The van der Waals surface area contributed by atoms with Gasteiger partial charge in [-0.3, -0.25) is 0 Å². The zero-order chi connectivity index (χ0) is 12.1. The minimum absolute atomic E-state index is 0. The van der Waals surface area contributed by atoms with Crippen LogP contribution >= 0.6 is 0 Å². The number of aromatic nitrogens is 2. The van der Waals surface area contributed by atoms with E-state index in [2.05, 4.69) is 0 Å². The molecule has 94 valence electrons. The van der Waals surface area contributed by atoms with E-state index in [1.54, 1.807) is 12.1 Å². The third-order valence-corrected chi connectivity index (χ3v) is 2.74. The van der Waals surface area contributed by atoms with Crippen molar-refractivity contribution < 1.29 is 22.4 Å². The third-order valence-electron chi connectivity index (χ3n) is 2.74. The van der Waals surface area contributed by atoms with Crippen molar-refractivity contribution in [2.75, 3.05) is 0 Å². The van der Waals surface area contributed by atoms with Gasteiger partial charge >= 0.3 is 12.0 Å². The molecule has 1 aromatic heterocycles. The number of imidazole rings is 1. The van der Waals surface area contributed by atoms with E-state index in [0.717, 1.165) is 5.56 Å². The Labute approximate surface area is 95.6 Å². The lowest BCUT2D eigenvalue weighted by molar-refractivity contribution is -0.667. The summed E-state index contributed by atoms with van der Waals surface area (Å²) in [5.74, 6) is -0.645. The van der Waals surface area contributed by atoms with Crippen LogP contribution in [0.4, 0.5) is 13.2 Å². The van der Waals surface area contributed by atoms with Crippen LogP contribution in [0.2, 0.25) is 0 Å². The van der Waals surface area contributed by atoms with Crippen molar-refractivity contribution in [2.45, 2.75) is 13.1 Å². The van der Waals surface area contributed by atoms with Crippen LogP contribution in [0.5, 0.6) is 0 Å². The monoisotopic (exact) mass is 248 g/mol. The maximum absolute atomic E-state index is 12.8. The molecule has 0 radical (unpaired) electrons. The van der Waals surface area contributed by atoms with Gasteiger partial charge in [0.25, 0.3) is 0 Å². The lowest BCUT2D eigenvalue weighted by Crippen LogP contribution is -3.00. The molecule has 0 aliphatic carbocycles. The predicted octanol–water partition coefficient (Wildman–Crippen LogP) is -0.666. The van der Waals surface area contributed by atoms with Crippen molar-refractivity contribution >= 4 is 11.0 Å². The minimum Gasteiger partial charge on any atom is -1.00 e. The molecule has 0 aliphatic rings. The van der Waals surface area contributed by atoms with Gasteiger partial charge in [0, 0.05) is 0 Å². The van der Waals surface area contributed by atoms with Gasteiger partial charge in [0.2, 0.25) is 0 Å². The lowest BCUT2D eigenvalue weighted by Gasteiger charge is -2.01. The molecule has 1 aromatic carbocycles. The Bertz CT molecular complexity index is 555. The van der Waals surface area contributed by atoms with Crippen molar-refractivity contribution in [1.29, 1.82) is 0 Å². The van der Waals surface area contributed by atoms with Crippen LogP contribution in [0.15, 0.2) is 18.2 Å². The third kappa shape index (κ3) is 1.99. The first-order valence-electron chi connectivity index (χ1n) is 4.84. The van der Waals surface area contributed by atoms with Crippen molar-refractivity contribution in [3.05, 3.63) is 29.6 Å². The quantitative estimate of drug-likeness (QED) is 0.432. The smallest absolute Gasteiger partial charge is 0.495 e. The Morgan fingerprint density at radius 2 is 1.82 bits per heavy atom. The molecule has 0 aliphatic heterocycles. The van der Waals surface area contributed by atoms with E-state index in [4.69, 9.17) is 0 Å². The summed E-state index contributed by atoms with van der Waals surface area (Å²) in [7, 11) is 2.87. The summed E-state index contributed by atoms with van der Waals surface area (Å²) in [5, 5.41) is 0. The van der Waals surface area contributed by atoms with Gasteiger partial charge < -0.3 is 4.70 Å². The SMILES string of the molecule is Cc1ccc2c(c1)n(C)c(C(F)(F)F)[n+]2C.[F-]. The van der Waals surface area contributed by atoms with Gasteiger partial charge in [0.05, 0.1) is 14.1 Å². The highest BCUT2D eigenvalue weighted by Crippen LogP contribution is 2.29. The Balaban J connectivity index is 0.00000144. The van der Waals surface area contributed by atoms with Gasteiger partial charge in [-0.2, -0.15) is 13.2 Å². The van der Waals surface area contributed by atoms with Gasteiger partial charge in [-0.05, 0) is 24.6 Å². The van der Waals surface area contributed by atoms with E-state index in [9.17, 15) is 13.2 Å². The van der Waals surface area contributed by atoms with Gasteiger partial charge in [-0.15, -0.1) is 0 Å². The summed E-state index contributed by atoms with van der Waals surface area (Å²) in [6.07, 6.45) is -4.34. The average molecular weight is 248 g/mol. The van der Waals surface area contributed by atoms with Crippen molar-refractivity contribution in [3.8, 4) is 0 Å². The second-order valence-corrected chi connectivity index (χ2v) is 3.93. The first-order valence-corrected chi connectivity index (χ1v) is 4.84. The Morgan fingerprint density at radius 1 is 1.24 bits per heavy atom. The number of hydrogen-bond donors (Lipinski definition) is 0. The minimum atomic E-state index is -4.34. The fourth-order valence-electron chi connectivity index (χ4n) is 2.02. The number of benzene rings is 1. The van der Waals surface area contributed by atoms with E-state index in [0.29, 0.717) is 11.0 Å². The highest BCUT2D eigenvalue weighted by Gasteiger charge is 2.45. The van der Waals surface area contributed by atoms with Gasteiger partial charge in [0.1, 0.15) is 0 Å². The van der Waals surface area contributed by atoms with Crippen molar-refractivity contribution in [2.24, 2.45) is 14.1 Å². The molecule has 17 heavy (non-hydrogen) atoms. The summed E-state index contributed by atoms with van der Waals surface area (Å²) in [5.41, 5.74) is 2.12. The average Bonchev–Trinajstić information content (AvgIpc) is 2.38. The zero-order valence-electron chi connectivity index (χ0n) is 9.64. The molecule has 2 aromatic rings. The van der Waals surface area contributed by atoms with Crippen LogP contribution in [-0.2, 0) is 20.3 Å². The van der Waals surface area contributed by atoms with Crippen LogP contribution in [0.3, 0.4) is 0 Å². The first-order chi connectivity index (χ1) is 7.32. The van der Waals surface area contributed by atoms with E-state index < -0.39 is 12.0 Å². The summed E-state index contributed by atoms with van der Waals surface area (Å²) >= 11 is 0. The number of fused-ring (bicyclic) bond motifs is 1. The van der Waals surface area contributed by atoms with E-state index in [1.165, 1.54) is 23.2 Å². The van der Waals surface area contributed by atoms with Gasteiger partial charge in [-0.25, -0.2) is 9.13 Å². The van der Waals surface area contributed by atoms with Crippen LogP contribution in [0, 0.1) is 6.92 Å². The predicted molar refractivity (Wildman–Crippen MR) is 53.8 cm³/mol. The molecule has 0 amide bonds. The molecule has 0 saturated heterocycles.